The van der Waals surface area contributed by atoms with Crippen LogP contribution in [0.15, 0.2) is 60.9 Å². The molecule has 146 valence electrons. The molecule has 0 saturated heterocycles. The molecule has 8 heteroatoms. The van der Waals surface area contributed by atoms with Crippen LogP contribution in [0.5, 0.6) is 0 Å². The quantitative estimate of drug-likeness (QED) is 0.611. The standard InChI is InChI=1S/C20H18F3N3O2/c1-2-28-19(27)13-26-12-14(11-24-26)17-8-3-4-9-18(17)25-16-7-5-6-15(10-16)20(21,22)23/h3-12,25H,2,13H2,1H3. The summed E-state index contributed by atoms with van der Waals surface area (Å²) in [5.41, 5.74) is 1.69. The van der Waals surface area contributed by atoms with Crippen molar-refractivity contribution >= 4 is 17.3 Å². The fourth-order valence-electron chi connectivity index (χ4n) is 2.70. The van der Waals surface area contributed by atoms with Gasteiger partial charge in [0.1, 0.15) is 6.54 Å². The summed E-state index contributed by atoms with van der Waals surface area (Å²) in [4.78, 5) is 11.6. The number of para-hydroxylation sites is 1. The number of carbonyl (C=O) groups excluding carboxylic acids is 1. The van der Waals surface area contributed by atoms with E-state index in [1.54, 1.807) is 37.5 Å². The summed E-state index contributed by atoms with van der Waals surface area (Å²) in [6.45, 7) is 2.00. The maximum Gasteiger partial charge on any atom is 0.416 e. The van der Waals surface area contributed by atoms with E-state index < -0.39 is 17.7 Å². The van der Waals surface area contributed by atoms with Crippen molar-refractivity contribution in [1.82, 2.24) is 9.78 Å². The molecule has 0 fully saturated rings. The van der Waals surface area contributed by atoms with Crippen molar-refractivity contribution in [1.29, 1.82) is 0 Å². The third kappa shape index (κ3) is 4.70. The second-order valence-corrected chi connectivity index (χ2v) is 5.98. The highest BCUT2D eigenvalue weighted by atomic mass is 19.4. The van der Waals surface area contributed by atoms with Gasteiger partial charge in [0.05, 0.1) is 18.4 Å². The van der Waals surface area contributed by atoms with Crippen LogP contribution >= 0.6 is 0 Å². The maximum absolute atomic E-state index is 12.9. The average molecular weight is 389 g/mol. The van der Waals surface area contributed by atoms with Crippen LogP contribution in [0.2, 0.25) is 0 Å². The summed E-state index contributed by atoms with van der Waals surface area (Å²) in [7, 11) is 0. The molecule has 3 rings (SSSR count). The van der Waals surface area contributed by atoms with Crippen LogP contribution in [0.1, 0.15) is 12.5 Å². The van der Waals surface area contributed by atoms with Crippen molar-refractivity contribution in [3.8, 4) is 11.1 Å². The molecule has 1 N–H and O–H groups in total. The Morgan fingerprint density at radius 3 is 2.71 bits per heavy atom. The number of aromatic nitrogens is 2. The van der Waals surface area contributed by atoms with Crippen molar-refractivity contribution < 1.29 is 22.7 Å². The van der Waals surface area contributed by atoms with Gasteiger partial charge in [0.2, 0.25) is 0 Å². The van der Waals surface area contributed by atoms with Gasteiger partial charge in [-0.1, -0.05) is 24.3 Å². The van der Waals surface area contributed by atoms with Crippen LogP contribution in [0.3, 0.4) is 0 Å². The Hall–Kier alpha value is -3.29. The Morgan fingerprint density at radius 2 is 1.96 bits per heavy atom. The highest BCUT2D eigenvalue weighted by Crippen LogP contribution is 2.33. The van der Waals surface area contributed by atoms with Crippen LogP contribution in [-0.2, 0) is 22.3 Å². The maximum atomic E-state index is 12.9. The lowest BCUT2D eigenvalue weighted by Gasteiger charge is -2.13. The Bertz CT molecular complexity index is 967. The Labute approximate surface area is 159 Å². The Morgan fingerprint density at radius 1 is 1.18 bits per heavy atom. The first-order valence-electron chi connectivity index (χ1n) is 8.58. The van der Waals surface area contributed by atoms with Gasteiger partial charge in [-0.25, -0.2) is 0 Å². The number of ether oxygens (including phenoxy) is 1. The molecule has 0 aliphatic rings. The number of anilines is 2. The zero-order valence-electron chi connectivity index (χ0n) is 15.0. The third-order valence-electron chi connectivity index (χ3n) is 3.94. The lowest BCUT2D eigenvalue weighted by Crippen LogP contribution is -2.13. The average Bonchev–Trinajstić information content (AvgIpc) is 3.10. The molecule has 0 aliphatic carbocycles. The van der Waals surface area contributed by atoms with Gasteiger partial charge >= 0.3 is 12.1 Å². The predicted molar refractivity (Wildman–Crippen MR) is 99.0 cm³/mol. The van der Waals surface area contributed by atoms with Gasteiger partial charge in [0, 0.05) is 28.7 Å². The first-order chi connectivity index (χ1) is 13.4. The molecule has 0 saturated carbocycles. The normalized spacial score (nSPS) is 11.3. The molecule has 0 amide bonds. The van der Waals surface area contributed by atoms with E-state index in [-0.39, 0.29) is 13.2 Å². The van der Waals surface area contributed by atoms with Crippen LogP contribution in [-0.4, -0.2) is 22.4 Å². The zero-order chi connectivity index (χ0) is 20.1. The summed E-state index contributed by atoms with van der Waals surface area (Å²) >= 11 is 0. The first-order valence-corrected chi connectivity index (χ1v) is 8.58. The minimum atomic E-state index is -4.41. The molecule has 1 heterocycles. The number of rotatable bonds is 6. The number of nitrogens with one attached hydrogen (secondary N) is 1. The van der Waals surface area contributed by atoms with Crippen LogP contribution < -0.4 is 5.32 Å². The number of alkyl halides is 3. The van der Waals surface area contributed by atoms with Gasteiger partial charge in [0.15, 0.2) is 0 Å². The predicted octanol–water partition coefficient (Wildman–Crippen LogP) is 4.88. The lowest BCUT2D eigenvalue weighted by atomic mass is 10.1. The second-order valence-electron chi connectivity index (χ2n) is 5.98. The highest BCUT2D eigenvalue weighted by molar-refractivity contribution is 5.80. The summed E-state index contributed by atoms with van der Waals surface area (Å²) in [5, 5.41) is 7.17. The minimum Gasteiger partial charge on any atom is -0.465 e. The number of carbonyl (C=O) groups is 1. The molecule has 1 aromatic heterocycles. The van der Waals surface area contributed by atoms with Crippen molar-refractivity contribution in [2.75, 3.05) is 11.9 Å². The molecule has 0 bridgehead atoms. The smallest absolute Gasteiger partial charge is 0.416 e. The van der Waals surface area contributed by atoms with E-state index in [9.17, 15) is 18.0 Å². The lowest BCUT2D eigenvalue weighted by molar-refractivity contribution is -0.144. The Balaban J connectivity index is 1.85. The van der Waals surface area contributed by atoms with Crippen molar-refractivity contribution in [2.45, 2.75) is 19.6 Å². The summed E-state index contributed by atoms with van der Waals surface area (Å²) in [5.74, 6) is -0.396. The Kier molecular flexibility index (Phi) is 5.67. The van der Waals surface area contributed by atoms with E-state index in [0.29, 0.717) is 11.4 Å². The van der Waals surface area contributed by atoms with E-state index in [4.69, 9.17) is 4.74 Å². The molecule has 28 heavy (non-hydrogen) atoms. The van der Waals surface area contributed by atoms with Gasteiger partial charge in [-0.3, -0.25) is 9.48 Å². The van der Waals surface area contributed by atoms with E-state index >= 15 is 0 Å². The molecule has 5 nitrogen and oxygen atoms in total. The summed E-state index contributed by atoms with van der Waals surface area (Å²) in [6.07, 6.45) is -1.14. The minimum absolute atomic E-state index is 0.0168. The number of benzene rings is 2. The molecule has 0 spiro atoms. The molecule has 2 aromatic carbocycles. The molecule has 0 radical (unpaired) electrons. The fraction of sp³-hybridized carbons (Fsp3) is 0.200. The van der Waals surface area contributed by atoms with E-state index in [1.165, 1.54) is 10.7 Å². The van der Waals surface area contributed by atoms with Crippen molar-refractivity contribution in [2.24, 2.45) is 0 Å². The SMILES string of the molecule is CCOC(=O)Cn1cc(-c2ccccc2Nc2cccc(C(F)(F)F)c2)cn1. The van der Waals surface area contributed by atoms with E-state index in [1.807, 2.05) is 12.1 Å². The van der Waals surface area contributed by atoms with Crippen LogP contribution in [0.4, 0.5) is 24.5 Å². The molecular formula is C20H18F3N3O2. The van der Waals surface area contributed by atoms with Gasteiger partial charge in [0.25, 0.3) is 0 Å². The third-order valence-corrected chi connectivity index (χ3v) is 3.94. The van der Waals surface area contributed by atoms with Crippen molar-refractivity contribution in [3.05, 3.63) is 66.5 Å². The van der Waals surface area contributed by atoms with Crippen molar-refractivity contribution in [3.63, 3.8) is 0 Å². The van der Waals surface area contributed by atoms with Crippen LogP contribution in [0.25, 0.3) is 11.1 Å². The number of esters is 1. The van der Waals surface area contributed by atoms with Gasteiger partial charge in [-0.05, 0) is 31.2 Å². The number of halogens is 3. The van der Waals surface area contributed by atoms with Gasteiger partial charge < -0.3 is 10.1 Å². The topological polar surface area (TPSA) is 56.1 Å². The van der Waals surface area contributed by atoms with Gasteiger partial charge in [-0.2, -0.15) is 18.3 Å². The zero-order valence-corrected chi connectivity index (χ0v) is 15.0. The fourth-order valence-corrected chi connectivity index (χ4v) is 2.70. The summed E-state index contributed by atoms with van der Waals surface area (Å²) < 4.78 is 45.2. The largest absolute Gasteiger partial charge is 0.465 e. The molecule has 0 atom stereocenters. The summed E-state index contributed by atoms with van der Waals surface area (Å²) in [6, 6.07) is 12.2. The molecular weight excluding hydrogens is 371 g/mol. The van der Waals surface area contributed by atoms with E-state index in [0.717, 1.165) is 23.3 Å². The monoisotopic (exact) mass is 389 g/mol. The highest BCUT2D eigenvalue weighted by Gasteiger charge is 2.30. The van der Waals surface area contributed by atoms with Gasteiger partial charge in [-0.15, -0.1) is 0 Å². The second kappa shape index (κ2) is 8.16. The number of hydrogen-bond donors (Lipinski definition) is 1. The molecule has 3 aromatic rings. The number of nitrogens with zero attached hydrogens (tertiary/aromatic N) is 2. The molecule has 0 unspecified atom stereocenters. The van der Waals surface area contributed by atoms with Crippen LogP contribution in [0, 0.1) is 0 Å². The first kappa shape index (κ1) is 19.5. The molecule has 0 aliphatic heterocycles. The number of hydrogen-bond acceptors (Lipinski definition) is 4. The van der Waals surface area contributed by atoms with E-state index in [2.05, 4.69) is 10.4 Å².